The first-order valence-electron chi connectivity index (χ1n) is 7.10. The fourth-order valence-electron chi connectivity index (χ4n) is 2.58. The molecule has 0 radical (unpaired) electrons. The molecule has 120 valence electrons. The number of hydrogen-bond acceptors (Lipinski definition) is 4. The fraction of sp³-hybridized carbons (Fsp3) is 0.222. The molecule has 0 N–H and O–H groups in total. The summed E-state index contributed by atoms with van der Waals surface area (Å²) >= 11 is 2.30. The maximum Gasteiger partial charge on any atom is 0.227 e. The molecule has 23 heavy (non-hydrogen) atoms. The summed E-state index contributed by atoms with van der Waals surface area (Å²) in [5.74, 6) is 2.15. The summed E-state index contributed by atoms with van der Waals surface area (Å²) in [5, 5.41) is 0. The Morgan fingerprint density at radius 1 is 0.957 bits per heavy atom. The molecule has 0 aliphatic carbocycles. The highest BCUT2D eigenvalue weighted by molar-refractivity contribution is 14.1. The van der Waals surface area contributed by atoms with Crippen LogP contribution >= 0.6 is 22.6 Å². The second-order valence-corrected chi connectivity index (χ2v) is 6.07. The van der Waals surface area contributed by atoms with E-state index in [9.17, 15) is 0 Å². The maximum absolute atomic E-state index is 6.09. The summed E-state index contributed by atoms with van der Waals surface area (Å²) < 4.78 is 23.4. The van der Waals surface area contributed by atoms with E-state index in [1.165, 1.54) is 0 Å². The lowest BCUT2D eigenvalue weighted by molar-refractivity contribution is -0.0767. The van der Waals surface area contributed by atoms with Crippen molar-refractivity contribution in [2.45, 2.75) is 6.29 Å². The van der Waals surface area contributed by atoms with Gasteiger partial charge in [-0.1, -0.05) is 30.3 Å². The van der Waals surface area contributed by atoms with Gasteiger partial charge in [-0.3, -0.25) is 0 Å². The molecule has 2 aromatic carbocycles. The highest BCUT2D eigenvalue weighted by atomic mass is 127. The van der Waals surface area contributed by atoms with Gasteiger partial charge in [-0.05, 0) is 34.7 Å². The summed E-state index contributed by atoms with van der Waals surface area (Å²) in [4.78, 5) is 0. The minimum absolute atomic E-state index is 0.487. The van der Waals surface area contributed by atoms with Gasteiger partial charge in [0.2, 0.25) is 6.29 Å². The lowest BCUT2D eigenvalue weighted by Crippen LogP contribution is -2.14. The molecule has 5 heteroatoms. The molecular formula is C18H17IO4. The number of fused-ring (bicyclic) bond motifs is 1. The van der Waals surface area contributed by atoms with Gasteiger partial charge in [0, 0.05) is 23.8 Å². The number of ether oxygens (including phenoxy) is 4. The van der Waals surface area contributed by atoms with E-state index in [4.69, 9.17) is 18.9 Å². The number of halogens is 1. The Hall–Kier alpha value is -1.73. The highest BCUT2D eigenvalue weighted by Gasteiger charge is 2.29. The van der Waals surface area contributed by atoms with Crippen molar-refractivity contribution in [1.29, 1.82) is 0 Å². The van der Waals surface area contributed by atoms with E-state index in [1.54, 1.807) is 21.3 Å². The molecule has 1 heterocycles. The maximum atomic E-state index is 6.09. The van der Waals surface area contributed by atoms with E-state index in [1.807, 2.05) is 42.5 Å². The van der Waals surface area contributed by atoms with Crippen LogP contribution < -0.4 is 9.47 Å². The van der Waals surface area contributed by atoms with Crippen LogP contribution in [0.15, 0.2) is 42.5 Å². The minimum atomic E-state index is -0.487. The third-order valence-corrected chi connectivity index (χ3v) is 4.79. The first-order chi connectivity index (χ1) is 11.2. The standard InChI is InChI=1S/C18H17IO4/c1-20-14-9-12-13(10-15(14)21-2)18(22-3)23-17(16(12)19)11-7-5-4-6-8-11/h4-10,18H,1-3H3. The molecular weight excluding hydrogens is 407 g/mol. The van der Waals surface area contributed by atoms with Gasteiger partial charge in [0.1, 0.15) is 5.76 Å². The van der Waals surface area contributed by atoms with Crippen molar-refractivity contribution in [3.8, 4) is 11.5 Å². The average Bonchev–Trinajstić information content (AvgIpc) is 2.61. The zero-order valence-electron chi connectivity index (χ0n) is 13.1. The Morgan fingerprint density at radius 3 is 2.22 bits per heavy atom. The predicted molar refractivity (Wildman–Crippen MR) is 97.7 cm³/mol. The predicted octanol–water partition coefficient (Wildman–Crippen LogP) is 4.64. The van der Waals surface area contributed by atoms with Crippen LogP contribution in [0.2, 0.25) is 0 Å². The molecule has 4 nitrogen and oxygen atoms in total. The molecule has 0 amide bonds. The second kappa shape index (κ2) is 6.80. The van der Waals surface area contributed by atoms with Crippen LogP contribution in [-0.2, 0) is 9.47 Å². The highest BCUT2D eigenvalue weighted by Crippen LogP contribution is 2.47. The number of hydrogen-bond donors (Lipinski definition) is 0. The monoisotopic (exact) mass is 424 g/mol. The topological polar surface area (TPSA) is 36.9 Å². The SMILES string of the molecule is COc1cc2c(cc1OC)C(OC)OC(c1ccccc1)=C2I. The van der Waals surface area contributed by atoms with E-state index >= 15 is 0 Å². The smallest absolute Gasteiger partial charge is 0.227 e. The Labute approximate surface area is 149 Å². The third kappa shape index (κ3) is 2.90. The molecule has 1 aliphatic heterocycles. The Bertz CT molecular complexity index is 740. The van der Waals surface area contributed by atoms with Crippen molar-refractivity contribution in [2.24, 2.45) is 0 Å². The van der Waals surface area contributed by atoms with E-state index < -0.39 is 6.29 Å². The molecule has 2 aromatic rings. The van der Waals surface area contributed by atoms with E-state index in [2.05, 4.69) is 22.6 Å². The first-order valence-corrected chi connectivity index (χ1v) is 8.18. The summed E-state index contributed by atoms with van der Waals surface area (Å²) in [5.41, 5.74) is 2.97. The van der Waals surface area contributed by atoms with E-state index in [0.29, 0.717) is 11.5 Å². The number of benzene rings is 2. The second-order valence-electron chi connectivity index (χ2n) is 4.99. The largest absolute Gasteiger partial charge is 0.493 e. The first kappa shape index (κ1) is 16.1. The minimum Gasteiger partial charge on any atom is -0.493 e. The summed E-state index contributed by atoms with van der Waals surface area (Å²) in [6.45, 7) is 0. The van der Waals surface area contributed by atoms with Crippen molar-refractivity contribution in [2.75, 3.05) is 21.3 Å². The zero-order valence-corrected chi connectivity index (χ0v) is 15.3. The lowest BCUT2D eigenvalue weighted by atomic mass is 10.0. The molecule has 0 saturated carbocycles. The van der Waals surface area contributed by atoms with Gasteiger partial charge < -0.3 is 18.9 Å². The number of methoxy groups -OCH3 is 3. The van der Waals surface area contributed by atoms with Crippen LogP contribution in [0.5, 0.6) is 11.5 Å². The average molecular weight is 424 g/mol. The third-order valence-electron chi connectivity index (χ3n) is 3.72. The van der Waals surface area contributed by atoms with Crippen molar-refractivity contribution in [1.82, 2.24) is 0 Å². The molecule has 0 spiro atoms. The Kier molecular flexibility index (Phi) is 4.77. The van der Waals surface area contributed by atoms with Crippen molar-refractivity contribution in [3.63, 3.8) is 0 Å². The summed E-state index contributed by atoms with van der Waals surface area (Å²) in [6.07, 6.45) is -0.487. The normalized spacial score (nSPS) is 16.6. The molecule has 0 fully saturated rings. The Balaban J connectivity index is 2.20. The molecule has 1 unspecified atom stereocenters. The summed E-state index contributed by atoms with van der Waals surface area (Å²) in [6, 6.07) is 13.9. The van der Waals surface area contributed by atoms with Crippen LogP contribution in [0.4, 0.5) is 0 Å². The van der Waals surface area contributed by atoms with Crippen LogP contribution in [0.1, 0.15) is 23.0 Å². The van der Waals surface area contributed by atoms with Crippen molar-refractivity contribution >= 4 is 31.9 Å². The van der Waals surface area contributed by atoms with Gasteiger partial charge >= 0.3 is 0 Å². The molecule has 1 aliphatic rings. The summed E-state index contributed by atoms with van der Waals surface area (Å²) in [7, 11) is 4.88. The van der Waals surface area contributed by atoms with E-state index in [-0.39, 0.29) is 0 Å². The molecule has 0 saturated heterocycles. The van der Waals surface area contributed by atoms with Crippen LogP contribution in [0, 0.1) is 0 Å². The van der Waals surface area contributed by atoms with Gasteiger partial charge in [-0.2, -0.15) is 0 Å². The van der Waals surface area contributed by atoms with Crippen LogP contribution in [0.3, 0.4) is 0 Å². The van der Waals surface area contributed by atoms with Crippen LogP contribution in [0.25, 0.3) is 9.34 Å². The van der Waals surface area contributed by atoms with Crippen molar-refractivity contribution in [3.05, 3.63) is 59.2 Å². The molecule has 1 atom stereocenters. The van der Waals surface area contributed by atoms with Gasteiger partial charge in [0.05, 0.1) is 17.8 Å². The van der Waals surface area contributed by atoms with Gasteiger partial charge in [-0.25, -0.2) is 0 Å². The lowest BCUT2D eigenvalue weighted by Gasteiger charge is -2.29. The molecule has 0 bridgehead atoms. The quantitative estimate of drug-likeness (QED) is 0.671. The van der Waals surface area contributed by atoms with Crippen LogP contribution in [-0.4, -0.2) is 21.3 Å². The van der Waals surface area contributed by atoms with Gasteiger partial charge in [0.25, 0.3) is 0 Å². The number of rotatable bonds is 4. The van der Waals surface area contributed by atoms with Crippen molar-refractivity contribution < 1.29 is 18.9 Å². The molecule has 0 aromatic heterocycles. The Morgan fingerprint density at radius 2 is 1.61 bits per heavy atom. The fourth-order valence-corrected chi connectivity index (χ4v) is 3.49. The van der Waals surface area contributed by atoms with E-state index in [0.717, 1.165) is 26.0 Å². The zero-order chi connectivity index (χ0) is 16.4. The molecule has 3 rings (SSSR count). The van der Waals surface area contributed by atoms with Gasteiger partial charge in [-0.15, -0.1) is 0 Å². The van der Waals surface area contributed by atoms with Gasteiger partial charge in [0.15, 0.2) is 11.5 Å².